The Morgan fingerprint density at radius 2 is 0.879 bits per heavy atom. The number of halogens is 17. The van der Waals surface area contributed by atoms with Crippen LogP contribution in [0.3, 0.4) is 0 Å². The Bertz CT molecular complexity index is 866. The Morgan fingerprint density at radius 3 is 1.18 bits per heavy atom. The zero-order valence-electron chi connectivity index (χ0n) is 14.2. The first-order valence-corrected chi connectivity index (χ1v) is 7.55. The maximum absolute atomic E-state index is 14.7. The molecule has 4 fully saturated rings. The number of hydrogen-bond acceptors (Lipinski definition) is 3. The molecule has 4 saturated carbocycles. The van der Waals surface area contributed by atoms with Gasteiger partial charge in [-0.2, -0.15) is 65.9 Å². The molecule has 0 spiro atoms. The van der Waals surface area contributed by atoms with E-state index in [2.05, 4.69) is 4.74 Å². The smallest absolute Gasteiger partial charge is 0.374 e. The van der Waals surface area contributed by atoms with Crippen molar-refractivity contribution in [3.8, 4) is 0 Å². The van der Waals surface area contributed by atoms with Crippen molar-refractivity contribution in [1.82, 2.24) is 0 Å². The lowest BCUT2D eigenvalue weighted by atomic mass is 9.39. The Morgan fingerprint density at radius 1 is 0.545 bits per heavy atom. The minimum Gasteiger partial charge on any atom is -0.434 e. The predicted molar refractivity (Wildman–Crippen MR) is 61.5 cm³/mol. The van der Waals surface area contributed by atoms with E-state index in [1.54, 1.807) is 0 Å². The fourth-order valence-electron chi connectivity index (χ4n) is 4.30. The summed E-state index contributed by atoms with van der Waals surface area (Å²) in [5.74, 6) is -56.2. The van der Waals surface area contributed by atoms with Crippen molar-refractivity contribution in [2.24, 2.45) is 0 Å². The lowest BCUT2D eigenvalue weighted by Gasteiger charge is -2.74. The van der Waals surface area contributed by atoms with Crippen molar-refractivity contribution in [1.29, 1.82) is 0 Å². The first-order chi connectivity index (χ1) is 14.2. The van der Waals surface area contributed by atoms with Gasteiger partial charge < -0.3 is 9.84 Å². The van der Waals surface area contributed by atoms with Gasteiger partial charge in [-0.15, -0.1) is 0 Å². The molecule has 4 rings (SSSR count). The first kappa shape index (κ1) is 25.6. The molecule has 0 heterocycles. The molecule has 0 aromatic carbocycles. The van der Waals surface area contributed by atoms with E-state index in [9.17, 15) is 84.5 Å². The van der Waals surface area contributed by atoms with E-state index in [0.717, 1.165) is 0 Å². The van der Waals surface area contributed by atoms with Crippen LogP contribution < -0.4 is 0 Å². The lowest BCUT2D eigenvalue weighted by Crippen LogP contribution is -3.10. The van der Waals surface area contributed by atoms with Crippen LogP contribution in [0.5, 0.6) is 0 Å². The maximum atomic E-state index is 14.7. The second-order valence-corrected chi connectivity index (χ2v) is 7.12. The highest BCUT2D eigenvalue weighted by molar-refractivity contribution is 5.87. The van der Waals surface area contributed by atoms with Crippen LogP contribution in [0.25, 0.3) is 0 Å². The van der Waals surface area contributed by atoms with Crippen LogP contribution in [0.1, 0.15) is 0 Å². The van der Waals surface area contributed by atoms with E-state index >= 15 is 0 Å². The number of esters is 1. The number of aliphatic hydroxyl groups is 1. The topological polar surface area (TPSA) is 46.5 Å². The van der Waals surface area contributed by atoms with Crippen molar-refractivity contribution in [3.05, 3.63) is 11.9 Å². The standard InChI is InChI=1S/C13HF17O3/c14-1(2(15)16)3(31)33-7-11(25,26)4(17)8(19,20)5(18,12(7,27)28)10(23,24)6(32,9(4,21)22)13(7,29)30/h32H. The molecule has 3 nitrogen and oxygen atoms in total. The quantitative estimate of drug-likeness (QED) is 0.330. The number of ether oxygens (including phenoxy) is 1. The first-order valence-electron chi connectivity index (χ1n) is 7.55. The molecule has 0 saturated heterocycles. The fraction of sp³-hybridized carbons (Fsp3) is 0.769. The van der Waals surface area contributed by atoms with Gasteiger partial charge in [-0.25, -0.2) is 13.6 Å². The van der Waals surface area contributed by atoms with Crippen LogP contribution in [0.4, 0.5) is 74.6 Å². The van der Waals surface area contributed by atoms with Crippen LogP contribution in [-0.2, 0) is 9.53 Å². The average molecular weight is 528 g/mol. The van der Waals surface area contributed by atoms with Gasteiger partial charge in [-0.3, -0.25) is 0 Å². The van der Waals surface area contributed by atoms with Crippen LogP contribution in [0.15, 0.2) is 11.9 Å². The summed E-state index contributed by atoms with van der Waals surface area (Å²) in [5.41, 5.74) is -31.2. The molecule has 0 aromatic heterocycles. The summed E-state index contributed by atoms with van der Waals surface area (Å²) >= 11 is 0. The van der Waals surface area contributed by atoms with Gasteiger partial charge >= 0.3 is 64.5 Å². The SMILES string of the molecule is O=C(OC12C(F)(F)C3(O)C(F)(F)C(F)(C(F)(F)C(F)(C3(F)F)C1(F)F)C2(F)F)C(F)=C(F)F. The average Bonchev–Trinajstić information content (AvgIpc) is 2.64. The molecule has 4 aliphatic rings. The normalized spacial score (nSPS) is 44.3. The largest absolute Gasteiger partial charge is 0.434 e. The highest BCUT2D eigenvalue weighted by atomic mass is 19.3. The third kappa shape index (κ3) is 1.66. The van der Waals surface area contributed by atoms with E-state index in [-0.39, 0.29) is 0 Å². The summed E-state index contributed by atoms with van der Waals surface area (Å²) in [4.78, 5) is 11.1. The zero-order valence-corrected chi connectivity index (χ0v) is 14.2. The van der Waals surface area contributed by atoms with Crippen molar-refractivity contribution in [2.45, 2.75) is 58.1 Å². The van der Waals surface area contributed by atoms with Gasteiger partial charge in [0.2, 0.25) is 0 Å². The number of hydrogen-bond donors (Lipinski definition) is 1. The summed E-state index contributed by atoms with van der Waals surface area (Å²) < 4.78 is 241. The van der Waals surface area contributed by atoms with Crippen LogP contribution in [0, 0.1) is 0 Å². The minimum atomic E-state index is -8.08. The number of carbonyl (C=O) groups is 1. The lowest BCUT2D eigenvalue weighted by molar-refractivity contribution is -0.623. The molecule has 1 N–H and O–H groups in total. The maximum Gasteiger partial charge on any atom is 0.374 e. The Balaban J connectivity index is 2.64. The molecular formula is C13HF17O3. The van der Waals surface area contributed by atoms with Crippen molar-refractivity contribution < 1.29 is 89.3 Å². The predicted octanol–water partition coefficient (Wildman–Crippen LogP) is 4.35. The Labute approximate surface area is 166 Å². The highest BCUT2D eigenvalue weighted by Crippen LogP contribution is 2.88. The van der Waals surface area contributed by atoms with Gasteiger partial charge in [0, 0.05) is 0 Å². The molecule has 2 unspecified atom stereocenters. The van der Waals surface area contributed by atoms with Crippen molar-refractivity contribution in [3.63, 3.8) is 0 Å². The summed E-state index contributed by atoms with van der Waals surface area (Å²) in [6, 6.07) is 0. The van der Waals surface area contributed by atoms with Crippen LogP contribution in [-0.4, -0.2) is 69.2 Å². The molecule has 0 aromatic rings. The molecule has 2 atom stereocenters. The van der Waals surface area contributed by atoms with Gasteiger partial charge in [0.05, 0.1) is 0 Å². The molecule has 20 heteroatoms. The van der Waals surface area contributed by atoms with Gasteiger partial charge in [-0.05, 0) is 0 Å². The van der Waals surface area contributed by atoms with Gasteiger partial charge in [0.25, 0.3) is 11.4 Å². The van der Waals surface area contributed by atoms with Crippen LogP contribution in [0.2, 0.25) is 0 Å². The van der Waals surface area contributed by atoms with E-state index in [1.165, 1.54) is 0 Å². The molecule has 0 amide bonds. The van der Waals surface area contributed by atoms with Crippen molar-refractivity contribution in [2.75, 3.05) is 0 Å². The third-order valence-corrected chi connectivity index (χ3v) is 5.88. The molecule has 190 valence electrons. The monoisotopic (exact) mass is 528 g/mol. The van der Waals surface area contributed by atoms with Gasteiger partial charge in [0.15, 0.2) is 0 Å². The van der Waals surface area contributed by atoms with E-state index in [0.29, 0.717) is 0 Å². The van der Waals surface area contributed by atoms with E-state index < -0.39 is 76.0 Å². The molecule has 4 aliphatic carbocycles. The second-order valence-electron chi connectivity index (χ2n) is 7.12. The second kappa shape index (κ2) is 5.45. The summed E-state index contributed by atoms with van der Waals surface area (Å²) in [6.45, 7) is 0. The van der Waals surface area contributed by atoms with E-state index in [1.807, 2.05) is 0 Å². The summed E-state index contributed by atoms with van der Waals surface area (Å²) in [6.07, 6.45) is -4.07. The Kier molecular flexibility index (Phi) is 4.23. The number of alkyl halides is 14. The molecule has 0 radical (unpaired) electrons. The summed E-state index contributed by atoms with van der Waals surface area (Å²) in [7, 11) is 0. The molecule has 33 heavy (non-hydrogen) atoms. The van der Waals surface area contributed by atoms with Gasteiger partial charge in [0.1, 0.15) is 0 Å². The van der Waals surface area contributed by atoms with Crippen molar-refractivity contribution >= 4 is 5.97 Å². The zero-order chi connectivity index (χ0) is 26.4. The number of carbonyl (C=O) groups excluding carboxylic acids is 1. The van der Waals surface area contributed by atoms with Crippen LogP contribution >= 0.6 is 0 Å². The van der Waals surface area contributed by atoms with E-state index in [4.69, 9.17) is 0 Å². The number of rotatable bonds is 2. The van der Waals surface area contributed by atoms with Gasteiger partial charge in [-0.1, -0.05) is 0 Å². The minimum absolute atomic E-state index is 2.35. The fourth-order valence-corrected chi connectivity index (χ4v) is 4.30. The Hall–Kier alpha value is -2.02. The molecule has 0 aliphatic heterocycles. The highest BCUT2D eigenvalue weighted by Gasteiger charge is 3.23. The molecule has 4 bridgehead atoms. The third-order valence-electron chi connectivity index (χ3n) is 5.88. The molecular weight excluding hydrogens is 527 g/mol. The summed E-state index contributed by atoms with van der Waals surface area (Å²) in [5, 5.41) is 9.26.